The van der Waals surface area contributed by atoms with Crippen LogP contribution in [0.4, 0.5) is 0 Å². The Balaban J connectivity index is 1.98. The van der Waals surface area contributed by atoms with Gasteiger partial charge in [0, 0.05) is 30.2 Å². The van der Waals surface area contributed by atoms with Gasteiger partial charge in [0.05, 0.1) is 12.6 Å². The van der Waals surface area contributed by atoms with Crippen molar-refractivity contribution in [1.82, 2.24) is 9.47 Å². The van der Waals surface area contributed by atoms with Gasteiger partial charge in [-0.25, -0.2) is 0 Å². The smallest absolute Gasteiger partial charge is 0.242 e. The molecule has 0 spiro atoms. The largest absolute Gasteiger partial charge is 0.497 e. The number of hydrogen-bond donors (Lipinski definition) is 0. The van der Waals surface area contributed by atoms with Crippen LogP contribution >= 0.6 is 0 Å². The van der Waals surface area contributed by atoms with Crippen LogP contribution in [-0.2, 0) is 24.2 Å². The zero-order valence-electron chi connectivity index (χ0n) is 15.8. The van der Waals surface area contributed by atoms with Crippen molar-refractivity contribution in [2.24, 2.45) is 0 Å². The van der Waals surface area contributed by atoms with E-state index in [0.29, 0.717) is 6.54 Å². The van der Waals surface area contributed by atoms with Gasteiger partial charge in [-0.1, -0.05) is 13.3 Å². The molecule has 25 heavy (non-hydrogen) atoms. The van der Waals surface area contributed by atoms with E-state index in [1.807, 2.05) is 11.0 Å². The highest BCUT2D eigenvalue weighted by atomic mass is 16.5. The van der Waals surface area contributed by atoms with E-state index in [9.17, 15) is 4.79 Å². The average molecular weight is 342 g/mol. The van der Waals surface area contributed by atoms with E-state index in [1.54, 1.807) is 7.11 Å². The Bertz CT molecular complexity index is 748. The van der Waals surface area contributed by atoms with Gasteiger partial charge >= 0.3 is 0 Å². The molecule has 1 amide bonds. The zero-order chi connectivity index (χ0) is 17.8. The molecule has 4 heteroatoms. The first-order valence-electron chi connectivity index (χ1n) is 9.65. The fraction of sp³-hybridized carbons (Fsp3) is 0.571. The zero-order valence-corrected chi connectivity index (χ0v) is 15.8. The third-order valence-corrected chi connectivity index (χ3v) is 5.39. The topological polar surface area (TPSA) is 34.5 Å². The van der Waals surface area contributed by atoms with E-state index in [-0.39, 0.29) is 5.91 Å². The van der Waals surface area contributed by atoms with Crippen molar-refractivity contribution in [3.8, 4) is 5.75 Å². The van der Waals surface area contributed by atoms with Gasteiger partial charge in [-0.05, 0) is 56.7 Å². The summed E-state index contributed by atoms with van der Waals surface area (Å²) in [6, 6.07) is 6.28. The number of aromatic nitrogens is 1. The number of amides is 1. The maximum absolute atomic E-state index is 12.9. The number of aryl methyl sites for hydroxylation is 1. The van der Waals surface area contributed by atoms with Crippen molar-refractivity contribution in [3.63, 3.8) is 0 Å². The molecule has 1 aliphatic carbocycles. The number of nitrogens with zero attached hydrogens (tertiary/aromatic N) is 2. The number of fused-ring (bicyclic) bond motifs is 3. The number of benzene rings is 1. The molecule has 0 atom stereocenters. The number of ether oxygens (including phenoxy) is 1. The Labute approximate surface area is 150 Å². The Kier molecular flexibility index (Phi) is 5.67. The molecule has 1 aromatic carbocycles. The SMILES string of the molecule is CCCCN(CC)C(=O)Cn1c2c(c3ccc(OC)cc31)CCCC2. The maximum Gasteiger partial charge on any atom is 0.242 e. The Morgan fingerprint density at radius 1 is 1.24 bits per heavy atom. The molecule has 2 aromatic rings. The predicted octanol–water partition coefficient (Wildman–Crippen LogP) is 4.18. The molecule has 0 aliphatic heterocycles. The van der Waals surface area contributed by atoms with E-state index < -0.39 is 0 Å². The first-order valence-corrected chi connectivity index (χ1v) is 9.65. The summed E-state index contributed by atoms with van der Waals surface area (Å²) in [5, 5.41) is 1.29. The normalized spacial score (nSPS) is 13.7. The van der Waals surface area contributed by atoms with Crippen molar-refractivity contribution in [2.45, 2.75) is 58.9 Å². The lowest BCUT2D eigenvalue weighted by Crippen LogP contribution is -2.34. The minimum absolute atomic E-state index is 0.226. The van der Waals surface area contributed by atoms with Gasteiger partial charge in [0.25, 0.3) is 0 Å². The Morgan fingerprint density at radius 2 is 2.04 bits per heavy atom. The summed E-state index contributed by atoms with van der Waals surface area (Å²) in [4.78, 5) is 14.9. The quantitative estimate of drug-likeness (QED) is 0.756. The second kappa shape index (κ2) is 7.94. The molecule has 0 unspecified atom stereocenters. The summed E-state index contributed by atoms with van der Waals surface area (Å²) in [7, 11) is 1.70. The van der Waals surface area contributed by atoms with Crippen LogP contribution in [0.2, 0.25) is 0 Å². The monoisotopic (exact) mass is 342 g/mol. The summed E-state index contributed by atoms with van der Waals surface area (Å²) in [6.45, 7) is 6.32. The molecule has 0 radical (unpaired) electrons. The highest BCUT2D eigenvalue weighted by Crippen LogP contribution is 2.34. The van der Waals surface area contributed by atoms with E-state index in [1.165, 1.54) is 29.5 Å². The minimum atomic E-state index is 0.226. The van der Waals surface area contributed by atoms with E-state index >= 15 is 0 Å². The van der Waals surface area contributed by atoms with Crippen molar-refractivity contribution in [1.29, 1.82) is 0 Å². The van der Waals surface area contributed by atoms with Crippen LogP contribution < -0.4 is 4.74 Å². The minimum Gasteiger partial charge on any atom is -0.497 e. The summed E-state index contributed by atoms with van der Waals surface area (Å²) >= 11 is 0. The molecule has 1 heterocycles. The van der Waals surface area contributed by atoms with E-state index in [2.05, 4.69) is 30.5 Å². The van der Waals surface area contributed by atoms with Crippen LogP contribution in [0, 0.1) is 0 Å². The number of methoxy groups -OCH3 is 1. The van der Waals surface area contributed by atoms with Crippen LogP contribution in [0.5, 0.6) is 5.75 Å². The van der Waals surface area contributed by atoms with Crippen LogP contribution in [0.1, 0.15) is 50.8 Å². The highest BCUT2D eigenvalue weighted by molar-refractivity contribution is 5.89. The summed E-state index contributed by atoms with van der Waals surface area (Å²) in [5.74, 6) is 1.08. The molecule has 0 bridgehead atoms. The van der Waals surface area contributed by atoms with Crippen LogP contribution in [0.15, 0.2) is 18.2 Å². The first-order chi connectivity index (χ1) is 12.2. The molecule has 136 valence electrons. The van der Waals surface area contributed by atoms with E-state index in [0.717, 1.165) is 50.0 Å². The number of carbonyl (C=O) groups excluding carboxylic acids is 1. The molecule has 0 saturated carbocycles. The fourth-order valence-electron chi connectivity index (χ4n) is 3.96. The lowest BCUT2D eigenvalue weighted by molar-refractivity contribution is -0.131. The van der Waals surface area contributed by atoms with Crippen molar-refractivity contribution >= 4 is 16.8 Å². The molecular weight excluding hydrogens is 312 g/mol. The van der Waals surface area contributed by atoms with Gasteiger partial charge in [0.1, 0.15) is 12.3 Å². The van der Waals surface area contributed by atoms with Crippen LogP contribution in [0.25, 0.3) is 10.9 Å². The number of rotatable bonds is 7. The lowest BCUT2D eigenvalue weighted by Gasteiger charge is -2.23. The molecule has 0 saturated heterocycles. The summed E-state index contributed by atoms with van der Waals surface area (Å²) in [5.41, 5.74) is 3.94. The van der Waals surface area contributed by atoms with E-state index in [4.69, 9.17) is 4.74 Å². The third kappa shape index (κ3) is 3.53. The van der Waals surface area contributed by atoms with Gasteiger partial charge in [0.2, 0.25) is 5.91 Å². The van der Waals surface area contributed by atoms with Crippen LogP contribution in [-0.4, -0.2) is 35.6 Å². The maximum atomic E-state index is 12.9. The van der Waals surface area contributed by atoms with Gasteiger partial charge < -0.3 is 14.2 Å². The highest BCUT2D eigenvalue weighted by Gasteiger charge is 2.22. The number of hydrogen-bond acceptors (Lipinski definition) is 2. The van der Waals surface area contributed by atoms with Crippen molar-refractivity contribution in [2.75, 3.05) is 20.2 Å². The number of carbonyl (C=O) groups is 1. The third-order valence-electron chi connectivity index (χ3n) is 5.39. The predicted molar refractivity (Wildman–Crippen MR) is 102 cm³/mol. The summed E-state index contributed by atoms with van der Waals surface area (Å²) in [6.07, 6.45) is 6.82. The van der Waals surface area contributed by atoms with Gasteiger partial charge in [-0.2, -0.15) is 0 Å². The standard InChI is InChI=1S/C21H30N2O2/c1-4-6-13-22(5-2)21(24)15-23-19-10-8-7-9-17(19)18-12-11-16(25-3)14-20(18)23/h11-12,14H,4-10,13,15H2,1-3H3. The van der Waals surface area contributed by atoms with Gasteiger partial charge in [-0.3, -0.25) is 4.79 Å². The molecular formula is C21H30N2O2. The average Bonchev–Trinajstić information content (AvgIpc) is 2.95. The fourth-order valence-corrected chi connectivity index (χ4v) is 3.96. The van der Waals surface area contributed by atoms with Crippen molar-refractivity contribution in [3.05, 3.63) is 29.5 Å². The molecule has 1 aliphatic rings. The van der Waals surface area contributed by atoms with Gasteiger partial charge in [0.15, 0.2) is 0 Å². The lowest BCUT2D eigenvalue weighted by atomic mass is 9.95. The Hall–Kier alpha value is -1.97. The molecule has 4 nitrogen and oxygen atoms in total. The molecule has 1 aromatic heterocycles. The Morgan fingerprint density at radius 3 is 2.76 bits per heavy atom. The van der Waals surface area contributed by atoms with Crippen molar-refractivity contribution < 1.29 is 9.53 Å². The molecule has 3 rings (SSSR count). The van der Waals surface area contributed by atoms with Gasteiger partial charge in [-0.15, -0.1) is 0 Å². The van der Waals surface area contributed by atoms with Crippen LogP contribution in [0.3, 0.4) is 0 Å². The first kappa shape index (κ1) is 17.8. The second-order valence-electron chi connectivity index (χ2n) is 6.93. The molecule has 0 fully saturated rings. The molecule has 0 N–H and O–H groups in total. The number of likely N-dealkylation sites (N-methyl/N-ethyl adjacent to an activating group) is 1. The second-order valence-corrected chi connectivity index (χ2v) is 6.93. The summed E-state index contributed by atoms with van der Waals surface area (Å²) < 4.78 is 7.68. The number of unbranched alkanes of at least 4 members (excludes halogenated alkanes) is 1.